The summed E-state index contributed by atoms with van der Waals surface area (Å²) in [5.74, 6) is -0.134. The minimum atomic E-state index is -0.530. The molecule has 11 heteroatoms. The largest absolute Gasteiger partial charge is 0.493 e. The highest BCUT2D eigenvalue weighted by Gasteiger charge is 2.19. The van der Waals surface area contributed by atoms with Gasteiger partial charge < -0.3 is 25.4 Å². The van der Waals surface area contributed by atoms with Crippen LogP contribution < -0.4 is 25.4 Å². The van der Waals surface area contributed by atoms with E-state index in [1.54, 1.807) is 72.8 Å². The zero-order valence-electron chi connectivity index (χ0n) is 25.6. The van der Waals surface area contributed by atoms with Crippen LogP contribution in [0.4, 0.5) is 10.8 Å². The Balaban J connectivity index is 1.31. The minimum Gasteiger partial charge on any atom is -0.493 e. The standard InChI is InChI=1S/C35H32N4O5S2/c1-21-13-15-27-31(17-21)46-35(38-27)39-32(40)22(2)45-26-12-8-11-25(20-26)36-34(42)28(37-33(41)24-9-6-5-7-10-24)18-23-14-16-29(43-3)30(19-23)44-4/h5-20,22H,1-4H3,(H,36,42)(H,37,41)(H,38,39,40)/b28-18+. The maximum atomic E-state index is 13.6. The van der Waals surface area contributed by atoms with E-state index >= 15 is 0 Å². The van der Waals surface area contributed by atoms with Crippen molar-refractivity contribution in [2.45, 2.75) is 24.0 Å². The summed E-state index contributed by atoms with van der Waals surface area (Å²) >= 11 is 2.79. The molecular weight excluding hydrogens is 621 g/mol. The number of aromatic nitrogens is 1. The van der Waals surface area contributed by atoms with Crippen LogP contribution in [0.25, 0.3) is 16.3 Å². The van der Waals surface area contributed by atoms with Crippen LogP contribution in [0.3, 0.4) is 0 Å². The smallest absolute Gasteiger partial charge is 0.272 e. The number of nitrogens with zero attached hydrogens (tertiary/aromatic N) is 1. The van der Waals surface area contributed by atoms with Crippen LogP contribution in [-0.4, -0.2) is 42.2 Å². The van der Waals surface area contributed by atoms with Gasteiger partial charge in [0.1, 0.15) is 5.70 Å². The van der Waals surface area contributed by atoms with Gasteiger partial charge in [-0.25, -0.2) is 4.98 Å². The van der Waals surface area contributed by atoms with E-state index in [9.17, 15) is 14.4 Å². The molecule has 1 aromatic heterocycles. The minimum absolute atomic E-state index is 0.0258. The normalized spacial score (nSPS) is 11.9. The van der Waals surface area contributed by atoms with Crippen molar-refractivity contribution < 1.29 is 23.9 Å². The van der Waals surface area contributed by atoms with E-state index in [0.717, 1.165) is 20.7 Å². The monoisotopic (exact) mass is 652 g/mol. The third-order valence-corrected chi connectivity index (χ3v) is 8.82. The molecule has 0 aliphatic carbocycles. The number of thioether (sulfide) groups is 1. The second-order valence-electron chi connectivity index (χ2n) is 10.2. The summed E-state index contributed by atoms with van der Waals surface area (Å²) in [6, 6.07) is 27.0. The number of amides is 3. The molecule has 0 saturated heterocycles. The van der Waals surface area contributed by atoms with Gasteiger partial charge >= 0.3 is 0 Å². The van der Waals surface area contributed by atoms with E-state index in [0.29, 0.717) is 33.4 Å². The van der Waals surface area contributed by atoms with E-state index in [1.165, 1.54) is 37.3 Å². The molecule has 234 valence electrons. The number of carbonyl (C=O) groups is 3. The van der Waals surface area contributed by atoms with E-state index in [-0.39, 0.29) is 11.6 Å². The lowest BCUT2D eigenvalue weighted by atomic mass is 10.1. The van der Waals surface area contributed by atoms with Crippen molar-refractivity contribution in [1.82, 2.24) is 10.3 Å². The third-order valence-electron chi connectivity index (χ3n) is 6.80. The Kier molecular flexibility index (Phi) is 10.4. The van der Waals surface area contributed by atoms with Crippen LogP contribution >= 0.6 is 23.1 Å². The first kappa shape index (κ1) is 32.3. The summed E-state index contributed by atoms with van der Waals surface area (Å²) in [5, 5.41) is 8.64. The average Bonchev–Trinajstić information content (AvgIpc) is 3.46. The van der Waals surface area contributed by atoms with Gasteiger partial charge in [0.2, 0.25) is 5.91 Å². The number of ether oxygens (including phenoxy) is 2. The molecule has 0 radical (unpaired) electrons. The molecular formula is C35H32N4O5S2. The van der Waals surface area contributed by atoms with Gasteiger partial charge in [-0.15, -0.1) is 11.8 Å². The van der Waals surface area contributed by atoms with Crippen molar-refractivity contribution in [2.75, 3.05) is 24.9 Å². The van der Waals surface area contributed by atoms with Crippen LogP contribution in [0, 0.1) is 6.92 Å². The molecule has 0 aliphatic rings. The van der Waals surface area contributed by atoms with Crippen molar-refractivity contribution in [3.63, 3.8) is 0 Å². The van der Waals surface area contributed by atoms with E-state index in [2.05, 4.69) is 20.9 Å². The maximum Gasteiger partial charge on any atom is 0.272 e. The zero-order valence-corrected chi connectivity index (χ0v) is 27.3. The predicted octanol–water partition coefficient (Wildman–Crippen LogP) is 7.15. The molecule has 4 aromatic carbocycles. The van der Waals surface area contributed by atoms with Crippen LogP contribution in [0.5, 0.6) is 11.5 Å². The Bertz CT molecular complexity index is 1920. The fourth-order valence-corrected chi connectivity index (χ4v) is 6.34. The number of thiazole rings is 1. The number of anilines is 2. The first-order chi connectivity index (χ1) is 22.2. The van der Waals surface area contributed by atoms with Crippen LogP contribution in [0.1, 0.15) is 28.4 Å². The number of hydrogen-bond donors (Lipinski definition) is 3. The molecule has 1 unspecified atom stereocenters. The number of hydrogen-bond acceptors (Lipinski definition) is 8. The molecule has 46 heavy (non-hydrogen) atoms. The van der Waals surface area contributed by atoms with Crippen molar-refractivity contribution in [3.05, 3.63) is 113 Å². The lowest BCUT2D eigenvalue weighted by Gasteiger charge is -2.14. The van der Waals surface area contributed by atoms with Crippen molar-refractivity contribution in [3.8, 4) is 11.5 Å². The molecule has 0 bridgehead atoms. The topological polar surface area (TPSA) is 119 Å². The molecule has 0 saturated carbocycles. The number of nitrogens with one attached hydrogen (secondary N) is 3. The molecule has 0 fully saturated rings. The molecule has 0 aliphatic heterocycles. The number of carbonyl (C=O) groups excluding carboxylic acids is 3. The first-order valence-electron chi connectivity index (χ1n) is 14.3. The van der Waals surface area contributed by atoms with Crippen molar-refractivity contribution in [1.29, 1.82) is 0 Å². The molecule has 9 nitrogen and oxygen atoms in total. The quantitative estimate of drug-likeness (QED) is 0.102. The van der Waals surface area contributed by atoms with Crippen LogP contribution in [-0.2, 0) is 9.59 Å². The first-order valence-corrected chi connectivity index (χ1v) is 16.0. The number of aryl methyl sites for hydroxylation is 1. The number of fused-ring (bicyclic) bond motifs is 1. The SMILES string of the molecule is COc1ccc(/C=C(/NC(=O)c2ccccc2)C(=O)Nc2cccc(SC(C)C(=O)Nc3nc4ccc(C)cc4s3)c2)cc1OC. The molecule has 3 N–H and O–H groups in total. The van der Waals surface area contributed by atoms with Gasteiger partial charge in [0.05, 0.1) is 29.7 Å². The van der Waals surface area contributed by atoms with Gasteiger partial charge in [-0.2, -0.15) is 0 Å². The Morgan fingerprint density at radius 2 is 1.65 bits per heavy atom. The van der Waals surface area contributed by atoms with Crippen LogP contribution in [0.2, 0.25) is 0 Å². The summed E-state index contributed by atoms with van der Waals surface area (Å²) in [6.07, 6.45) is 1.56. The maximum absolute atomic E-state index is 13.6. The van der Waals surface area contributed by atoms with Gasteiger partial charge in [0.25, 0.3) is 11.8 Å². The summed E-state index contributed by atoms with van der Waals surface area (Å²) in [6.45, 7) is 3.83. The number of rotatable bonds is 11. The summed E-state index contributed by atoms with van der Waals surface area (Å²) < 4.78 is 11.7. The molecule has 1 atom stereocenters. The Hall–Kier alpha value is -5.13. The molecule has 5 aromatic rings. The zero-order chi connectivity index (χ0) is 32.6. The highest BCUT2D eigenvalue weighted by molar-refractivity contribution is 8.00. The fourth-order valence-electron chi connectivity index (χ4n) is 4.45. The summed E-state index contributed by atoms with van der Waals surface area (Å²) in [7, 11) is 3.06. The van der Waals surface area contributed by atoms with Gasteiger partial charge in [0.15, 0.2) is 16.6 Å². The Morgan fingerprint density at radius 3 is 2.41 bits per heavy atom. The van der Waals surface area contributed by atoms with Gasteiger partial charge in [0, 0.05) is 16.1 Å². The van der Waals surface area contributed by atoms with Crippen molar-refractivity contribution in [2.24, 2.45) is 0 Å². The highest BCUT2D eigenvalue weighted by Crippen LogP contribution is 2.31. The summed E-state index contributed by atoms with van der Waals surface area (Å²) in [4.78, 5) is 44.9. The second-order valence-corrected chi connectivity index (χ2v) is 12.7. The number of methoxy groups -OCH3 is 2. The van der Waals surface area contributed by atoms with E-state index in [1.807, 2.05) is 38.1 Å². The number of benzene rings is 4. The van der Waals surface area contributed by atoms with E-state index < -0.39 is 17.1 Å². The average molecular weight is 653 g/mol. The van der Waals surface area contributed by atoms with Gasteiger partial charge in [-0.3, -0.25) is 14.4 Å². The third kappa shape index (κ3) is 8.12. The lowest BCUT2D eigenvalue weighted by molar-refractivity contribution is -0.115. The molecule has 1 heterocycles. The lowest BCUT2D eigenvalue weighted by Crippen LogP contribution is -2.30. The van der Waals surface area contributed by atoms with E-state index in [4.69, 9.17) is 9.47 Å². The predicted molar refractivity (Wildman–Crippen MR) is 185 cm³/mol. The second kappa shape index (κ2) is 14.8. The summed E-state index contributed by atoms with van der Waals surface area (Å²) in [5.41, 5.74) is 3.51. The molecule has 5 rings (SSSR count). The Morgan fingerprint density at radius 1 is 0.870 bits per heavy atom. The molecule has 0 spiro atoms. The highest BCUT2D eigenvalue weighted by atomic mass is 32.2. The van der Waals surface area contributed by atoms with Gasteiger partial charge in [-0.05, 0) is 85.6 Å². The van der Waals surface area contributed by atoms with Crippen LogP contribution in [0.15, 0.2) is 102 Å². The molecule has 3 amide bonds. The van der Waals surface area contributed by atoms with Crippen molar-refractivity contribution >= 4 is 67.9 Å². The fraction of sp³-hybridized carbons (Fsp3) is 0.143. The van der Waals surface area contributed by atoms with Gasteiger partial charge in [-0.1, -0.05) is 47.7 Å². The Labute approximate surface area is 275 Å².